The van der Waals surface area contributed by atoms with E-state index in [0.29, 0.717) is 12.5 Å². The molecule has 0 N–H and O–H groups in total. The van der Waals surface area contributed by atoms with Gasteiger partial charge in [0.2, 0.25) is 0 Å². The summed E-state index contributed by atoms with van der Waals surface area (Å²) in [5, 5.41) is 0.333. The van der Waals surface area contributed by atoms with Crippen LogP contribution in [-0.2, 0) is 18.3 Å². The lowest BCUT2D eigenvalue weighted by atomic mass is 9.89. The molecule has 4 atom stereocenters. The molecule has 2 saturated heterocycles. The monoisotopic (exact) mass is 444 g/mol. The van der Waals surface area contributed by atoms with Gasteiger partial charge < -0.3 is 18.3 Å². The van der Waals surface area contributed by atoms with Crippen molar-refractivity contribution in [2.45, 2.75) is 128 Å². The Hall–Kier alpha value is 0.274. The highest BCUT2D eigenvalue weighted by molar-refractivity contribution is 6.74. The first-order valence-electron chi connectivity index (χ1n) is 11.7. The summed E-state index contributed by atoms with van der Waals surface area (Å²) in [5.41, 5.74) is 0. The Morgan fingerprint density at radius 1 is 0.828 bits per heavy atom. The first-order valence-corrected chi connectivity index (χ1v) is 17.5. The van der Waals surface area contributed by atoms with Gasteiger partial charge in [-0.2, -0.15) is 0 Å². The molecule has 2 fully saturated rings. The van der Waals surface area contributed by atoms with E-state index in [0.717, 1.165) is 19.4 Å². The van der Waals surface area contributed by atoms with Gasteiger partial charge in [0.15, 0.2) is 22.4 Å². The van der Waals surface area contributed by atoms with Gasteiger partial charge in [-0.3, -0.25) is 0 Å². The lowest BCUT2D eigenvalue weighted by Gasteiger charge is -2.52. The van der Waals surface area contributed by atoms with Crippen molar-refractivity contribution in [3.05, 3.63) is 0 Å². The fraction of sp³-hybridized carbons (Fsp3) is 1.00. The largest absolute Gasteiger partial charge is 0.411 e. The Balaban J connectivity index is 2.23. The Labute approximate surface area is 182 Å². The quantitative estimate of drug-likeness (QED) is 0.441. The van der Waals surface area contributed by atoms with E-state index in [-0.39, 0.29) is 22.3 Å². The molecule has 0 aromatic rings. The van der Waals surface area contributed by atoms with Crippen molar-refractivity contribution in [1.29, 1.82) is 0 Å². The number of ether oxygens (including phenoxy) is 2. The van der Waals surface area contributed by atoms with E-state index >= 15 is 0 Å². The van der Waals surface area contributed by atoms with E-state index in [2.05, 4.69) is 74.7 Å². The van der Waals surface area contributed by atoms with Crippen LogP contribution in [0.3, 0.4) is 0 Å². The van der Waals surface area contributed by atoms with Gasteiger partial charge in [0.05, 0.1) is 25.4 Å². The molecule has 0 unspecified atom stereocenters. The minimum Gasteiger partial charge on any atom is -0.411 e. The predicted octanol–water partition coefficient (Wildman–Crippen LogP) is 6.72. The van der Waals surface area contributed by atoms with E-state index in [4.69, 9.17) is 18.3 Å². The SMILES string of the molecule is CC[C@@H]1CC[C@@]2(C[C@H](O[Si](C)(C)C(C)(C)C)[C@H](O[Si](C)(C)C(C)(C)C)CO2)OC1. The third kappa shape index (κ3) is 5.95. The lowest BCUT2D eigenvalue weighted by molar-refractivity contribution is -0.308. The first kappa shape index (κ1) is 25.5. The van der Waals surface area contributed by atoms with Crippen LogP contribution in [0.25, 0.3) is 0 Å². The molecule has 6 heteroatoms. The summed E-state index contributed by atoms with van der Waals surface area (Å²) in [6.45, 7) is 26.8. The lowest BCUT2D eigenvalue weighted by Crippen LogP contribution is -2.60. The molecule has 0 radical (unpaired) electrons. The van der Waals surface area contributed by atoms with Crippen molar-refractivity contribution in [3.63, 3.8) is 0 Å². The highest BCUT2D eigenvalue weighted by Gasteiger charge is 2.51. The summed E-state index contributed by atoms with van der Waals surface area (Å²) < 4.78 is 26.6. The Bertz CT molecular complexity index is 540. The molecule has 29 heavy (non-hydrogen) atoms. The molecule has 0 aromatic carbocycles. The van der Waals surface area contributed by atoms with Crippen LogP contribution in [0.5, 0.6) is 0 Å². The van der Waals surface area contributed by atoms with Crippen molar-refractivity contribution in [2.24, 2.45) is 5.92 Å². The molecule has 4 nitrogen and oxygen atoms in total. The Kier molecular flexibility index (Phi) is 7.63. The highest BCUT2D eigenvalue weighted by atomic mass is 28.4. The number of hydrogen-bond donors (Lipinski definition) is 0. The van der Waals surface area contributed by atoms with Crippen LogP contribution in [0.15, 0.2) is 0 Å². The summed E-state index contributed by atoms with van der Waals surface area (Å²) in [6, 6.07) is 0. The minimum atomic E-state index is -1.93. The van der Waals surface area contributed by atoms with Gasteiger partial charge in [-0.15, -0.1) is 0 Å². The normalized spacial score (nSPS) is 32.6. The zero-order chi connectivity index (χ0) is 22.3. The van der Waals surface area contributed by atoms with E-state index in [9.17, 15) is 0 Å². The van der Waals surface area contributed by atoms with Gasteiger partial charge in [-0.25, -0.2) is 0 Å². The first-order chi connectivity index (χ1) is 13.0. The van der Waals surface area contributed by atoms with E-state index < -0.39 is 22.4 Å². The van der Waals surface area contributed by atoms with Crippen molar-refractivity contribution in [2.75, 3.05) is 13.2 Å². The second-order valence-electron chi connectivity index (χ2n) is 12.4. The topological polar surface area (TPSA) is 36.9 Å². The molecule has 172 valence electrons. The third-order valence-electron chi connectivity index (χ3n) is 8.03. The Morgan fingerprint density at radius 2 is 1.31 bits per heavy atom. The number of hydrogen-bond acceptors (Lipinski definition) is 4. The smallest absolute Gasteiger partial charge is 0.192 e. The Morgan fingerprint density at radius 3 is 1.72 bits per heavy atom. The van der Waals surface area contributed by atoms with Crippen LogP contribution >= 0.6 is 0 Å². The van der Waals surface area contributed by atoms with Gasteiger partial charge in [-0.05, 0) is 48.6 Å². The second-order valence-corrected chi connectivity index (χ2v) is 21.9. The van der Waals surface area contributed by atoms with Crippen LogP contribution < -0.4 is 0 Å². The van der Waals surface area contributed by atoms with Gasteiger partial charge in [-0.1, -0.05) is 54.9 Å². The summed E-state index contributed by atoms with van der Waals surface area (Å²) >= 11 is 0. The van der Waals surface area contributed by atoms with Crippen LogP contribution in [0, 0.1) is 5.92 Å². The zero-order valence-corrected chi connectivity index (χ0v) is 23.1. The summed E-state index contributed by atoms with van der Waals surface area (Å²) in [4.78, 5) is 0. The van der Waals surface area contributed by atoms with Crippen LogP contribution in [-0.4, -0.2) is 47.8 Å². The van der Waals surface area contributed by atoms with Crippen LogP contribution in [0.4, 0.5) is 0 Å². The standard InChI is InChI=1S/C23H48O4Si2/c1-12-18-13-14-23(24-16-18)15-19(26-28(8,9)21(2,3)4)20(17-25-23)27-29(10,11)22(5,6)7/h18-20H,12-17H2,1-11H3/t18-,19+,20-,23-/m1/s1. The maximum atomic E-state index is 6.97. The highest BCUT2D eigenvalue weighted by Crippen LogP contribution is 2.45. The van der Waals surface area contributed by atoms with Crippen LogP contribution in [0.1, 0.15) is 74.1 Å². The maximum Gasteiger partial charge on any atom is 0.192 e. The van der Waals surface area contributed by atoms with Gasteiger partial charge in [0, 0.05) is 12.8 Å². The average molecular weight is 445 g/mol. The van der Waals surface area contributed by atoms with Crippen molar-refractivity contribution >= 4 is 16.6 Å². The zero-order valence-electron chi connectivity index (χ0n) is 21.1. The predicted molar refractivity (Wildman–Crippen MR) is 126 cm³/mol. The van der Waals surface area contributed by atoms with Gasteiger partial charge in [0.25, 0.3) is 0 Å². The molecule has 2 aliphatic rings. The summed E-state index contributed by atoms with van der Waals surface area (Å²) in [5.74, 6) is 0.177. The molecular weight excluding hydrogens is 396 g/mol. The molecular formula is C23H48O4Si2. The fourth-order valence-electron chi connectivity index (χ4n) is 3.62. The van der Waals surface area contributed by atoms with E-state index in [1.165, 1.54) is 12.8 Å². The molecule has 1 spiro atoms. The molecule has 2 aliphatic heterocycles. The summed E-state index contributed by atoms with van der Waals surface area (Å²) in [7, 11) is -3.85. The van der Waals surface area contributed by atoms with Gasteiger partial charge in [0.1, 0.15) is 0 Å². The van der Waals surface area contributed by atoms with Gasteiger partial charge >= 0.3 is 0 Å². The average Bonchev–Trinajstić information content (AvgIpc) is 2.56. The second kappa shape index (κ2) is 8.66. The van der Waals surface area contributed by atoms with E-state index in [1.54, 1.807) is 0 Å². The molecule has 0 aliphatic carbocycles. The van der Waals surface area contributed by atoms with Crippen molar-refractivity contribution in [1.82, 2.24) is 0 Å². The molecule has 2 rings (SSSR count). The molecule has 0 aromatic heterocycles. The fourth-order valence-corrected chi connectivity index (χ4v) is 6.30. The van der Waals surface area contributed by atoms with Crippen molar-refractivity contribution < 1.29 is 18.3 Å². The number of rotatable bonds is 5. The third-order valence-corrected chi connectivity index (χ3v) is 17.0. The molecule has 0 bridgehead atoms. The van der Waals surface area contributed by atoms with Crippen LogP contribution in [0.2, 0.25) is 36.3 Å². The molecule has 0 amide bonds. The maximum absolute atomic E-state index is 6.97. The minimum absolute atomic E-state index is 0.0110. The van der Waals surface area contributed by atoms with Crippen molar-refractivity contribution in [3.8, 4) is 0 Å². The summed E-state index contributed by atoms with van der Waals surface area (Å²) in [6.07, 6.45) is 4.14. The molecule has 0 saturated carbocycles. The van der Waals surface area contributed by atoms with E-state index in [1.807, 2.05) is 0 Å². The molecule has 2 heterocycles.